The second-order valence-corrected chi connectivity index (χ2v) is 6.98. The van der Waals surface area contributed by atoms with Gasteiger partial charge in [0.1, 0.15) is 0 Å². The molecule has 1 N–H and O–H groups in total. The standard InChI is InChI=1S/C23H27NO4/c1-5-15(2)21(19-9-7-6-8-10-19)23(27)28-17(4)22(26)24-20-13-11-18(12-14-20)16(3)25/h6-15,17,21H,5H2,1-4H3,(H,24,26)/t15-,17-,21+/m0/s1. The van der Waals surface area contributed by atoms with Crippen LogP contribution in [0.1, 0.15) is 56.0 Å². The van der Waals surface area contributed by atoms with Gasteiger partial charge >= 0.3 is 5.97 Å². The third-order valence-electron chi connectivity index (χ3n) is 4.85. The van der Waals surface area contributed by atoms with Crippen molar-refractivity contribution in [3.8, 4) is 0 Å². The summed E-state index contributed by atoms with van der Waals surface area (Å²) in [7, 11) is 0. The van der Waals surface area contributed by atoms with Crippen molar-refractivity contribution in [2.75, 3.05) is 5.32 Å². The van der Waals surface area contributed by atoms with E-state index in [1.165, 1.54) is 6.92 Å². The summed E-state index contributed by atoms with van der Waals surface area (Å²) in [6.45, 7) is 7.06. The Bertz CT molecular complexity index is 814. The summed E-state index contributed by atoms with van der Waals surface area (Å²) in [6, 6.07) is 16.1. The van der Waals surface area contributed by atoms with E-state index in [4.69, 9.17) is 4.74 Å². The second kappa shape index (κ2) is 9.83. The lowest BCUT2D eigenvalue weighted by Crippen LogP contribution is -2.33. The maximum Gasteiger partial charge on any atom is 0.314 e. The van der Waals surface area contributed by atoms with E-state index in [2.05, 4.69) is 5.32 Å². The van der Waals surface area contributed by atoms with Gasteiger partial charge in [-0.1, -0.05) is 50.6 Å². The molecular weight excluding hydrogens is 354 g/mol. The van der Waals surface area contributed by atoms with E-state index in [-0.39, 0.29) is 11.7 Å². The Morgan fingerprint density at radius 3 is 2.11 bits per heavy atom. The van der Waals surface area contributed by atoms with Crippen LogP contribution in [0, 0.1) is 5.92 Å². The number of hydrogen-bond acceptors (Lipinski definition) is 4. The lowest BCUT2D eigenvalue weighted by Gasteiger charge is -2.23. The number of esters is 1. The van der Waals surface area contributed by atoms with Gasteiger partial charge < -0.3 is 10.1 Å². The molecule has 5 nitrogen and oxygen atoms in total. The summed E-state index contributed by atoms with van der Waals surface area (Å²) in [4.78, 5) is 36.5. The summed E-state index contributed by atoms with van der Waals surface area (Å²) in [6.07, 6.45) is -0.118. The molecule has 0 aliphatic carbocycles. The first kappa shape index (κ1) is 21.4. The van der Waals surface area contributed by atoms with Crippen LogP contribution in [0.15, 0.2) is 54.6 Å². The van der Waals surface area contributed by atoms with Crippen molar-refractivity contribution in [2.24, 2.45) is 5.92 Å². The number of rotatable bonds is 8. The van der Waals surface area contributed by atoms with E-state index in [0.717, 1.165) is 12.0 Å². The maximum atomic E-state index is 12.8. The summed E-state index contributed by atoms with van der Waals surface area (Å²) in [5.74, 6) is -1.20. The van der Waals surface area contributed by atoms with E-state index in [1.54, 1.807) is 31.2 Å². The Hall–Kier alpha value is -2.95. The van der Waals surface area contributed by atoms with Gasteiger partial charge in [0.05, 0.1) is 5.92 Å². The molecule has 0 aliphatic rings. The molecule has 0 bridgehead atoms. The number of ether oxygens (including phenoxy) is 1. The summed E-state index contributed by atoms with van der Waals surface area (Å²) < 4.78 is 5.48. The van der Waals surface area contributed by atoms with Gasteiger partial charge in [-0.3, -0.25) is 14.4 Å². The molecule has 148 valence electrons. The minimum absolute atomic E-state index is 0.0443. The van der Waals surface area contributed by atoms with Gasteiger partial charge in [0.2, 0.25) is 0 Å². The van der Waals surface area contributed by atoms with E-state index < -0.39 is 23.9 Å². The Kier molecular flexibility index (Phi) is 7.50. The first-order valence-electron chi connectivity index (χ1n) is 9.50. The van der Waals surface area contributed by atoms with E-state index in [0.29, 0.717) is 11.3 Å². The van der Waals surface area contributed by atoms with Crippen molar-refractivity contribution < 1.29 is 19.1 Å². The number of carbonyl (C=O) groups is 3. The lowest BCUT2D eigenvalue weighted by atomic mass is 9.85. The van der Waals surface area contributed by atoms with Crippen molar-refractivity contribution in [1.29, 1.82) is 0 Å². The van der Waals surface area contributed by atoms with Crippen LogP contribution in [-0.2, 0) is 14.3 Å². The van der Waals surface area contributed by atoms with Crippen LogP contribution in [0.2, 0.25) is 0 Å². The van der Waals surface area contributed by atoms with Gasteiger partial charge in [0.25, 0.3) is 5.91 Å². The minimum atomic E-state index is -0.935. The molecule has 2 rings (SSSR count). The zero-order valence-electron chi connectivity index (χ0n) is 16.8. The smallest absolute Gasteiger partial charge is 0.314 e. The SMILES string of the molecule is CC[C@H](C)[C@@H](C(=O)O[C@@H](C)C(=O)Nc1ccc(C(C)=O)cc1)c1ccccc1. The molecule has 0 saturated heterocycles. The van der Waals surface area contributed by atoms with Gasteiger partial charge in [0.15, 0.2) is 11.9 Å². The summed E-state index contributed by atoms with van der Waals surface area (Å²) in [5.41, 5.74) is 1.99. The highest BCUT2D eigenvalue weighted by atomic mass is 16.5. The van der Waals surface area contributed by atoms with Crippen molar-refractivity contribution >= 4 is 23.3 Å². The van der Waals surface area contributed by atoms with Crippen molar-refractivity contribution in [2.45, 2.75) is 46.1 Å². The number of Topliss-reactive ketones (excluding diaryl/α,β-unsaturated/α-hetero) is 1. The zero-order chi connectivity index (χ0) is 20.7. The third-order valence-corrected chi connectivity index (χ3v) is 4.85. The topological polar surface area (TPSA) is 72.5 Å². The van der Waals surface area contributed by atoms with Gasteiger partial charge in [-0.2, -0.15) is 0 Å². The fourth-order valence-electron chi connectivity index (χ4n) is 2.93. The molecule has 0 fully saturated rings. The number of benzene rings is 2. The molecule has 1 amide bonds. The molecule has 0 spiro atoms. The third kappa shape index (κ3) is 5.52. The van der Waals surface area contributed by atoms with Crippen molar-refractivity contribution in [3.05, 3.63) is 65.7 Å². The van der Waals surface area contributed by atoms with Gasteiger partial charge in [-0.25, -0.2) is 0 Å². The Labute approximate surface area is 166 Å². The van der Waals surface area contributed by atoms with Crippen molar-refractivity contribution in [1.82, 2.24) is 0 Å². The lowest BCUT2D eigenvalue weighted by molar-refractivity contribution is -0.155. The molecule has 0 heterocycles. The Morgan fingerprint density at radius 2 is 1.57 bits per heavy atom. The average Bonchev–Trinajstić information content (AvgIpc) is 2.69. The molecule has 0 unspecified atom stereocenters. The molecule has 5 heteroatoms. The molecule has 2 aromatic rings. The number of nitrogens with one attached hydrogen (secondary N) is 1. The molecule has 0 radical (unpaired) electrons. The van der Waals surface area contributed by atoms with Crippen LogP contribution in [-0.4, -0.2) is 23.8 Å². The fraction of sp³-hybridized carbons (Fsp3) is 0.348. The number of carbonyl (C=O) groups excluding carboxylic acids is 3. The fourth-order valence-corrected chi connectivity index (χ4v) is 2.93. The summed E-state index contributed by atoms with van der Waals surface area (Å²) in [5, 5.41) is 2.71. The number of anilines is 1. The van der Waals surface area contributed by atoms with Crippen LogP contribution in [0.25, 0.3) is 0 Å². The molecule has 3 atom stereocenters. The van der Waals surface area contributed by atoms with Crippen LogP contribution in [0.5, 0.6) is 0 Å². The largest absolute Gasteiger partial charge is 0.452 e. The highest BCUT2D eigenvalue weighted by Crippen LogP contribution is 2.28. The van der Waals surface area contributed by atoms with Crippen LogP contribution in [0.4, 0.5) is 5.69 Å². The monoisotopic (exact) mass is 381 g/mol. The second-order valence-electron chi connectivity index (χ2n) is 6.98. The normalized spacial score (nSPS) is 13.9. The maximum absolute atomic E-state index is 12.8. The van der Waals surface area contributed by atoms with Crippen LogP contribution >= 0.6 is 0 Å². The predicted molar refractivity (Wildman–Crippen MR) is 109 cm³/mol. The zero-order valence-corrected chi connectivity index (χ0v) is 16.8. The quantitative estimate of drug-likeness (QED) is 0.536. The van der Waals surface area contributed by atoms with Crippen LogP contribution < -0.4 is 5.32 Å². The van der Waals surface area contributed by atoms with Crippen LogP contribution in [0.3, 0.4) is 0 Å². The van der Waals surface area contributed by atoms with Crippen molar-refractivity contribution in [3.63, 3.8) is 0 Å². The van der Waals surface area contributed by atoms with Gasteiger partial charge in [-0.15, -0.1) is 0 Å². The first-order chi connectivity index (χ1) is 13.3. The number of hydrogen-bond donors (Lipinski definition) is 1. The molecule has 2 aromatic carbocycles. The highest BCUT2D eigenvalue weighted by molar-refractivity contribution is 5.97. The molecule has 0 saturated carbocycles. The first-order valence-corrected chi connectivity index (χ1v) is 9.50. The molecule has 0 aliphatic heterocycles. The predicted octanol–water partition coefficient (Wildman–Crippen LogP) is 4.59. The van der Waals surface area contributed by atoms with Gasteiger partial charge in [0, 0.05) is 11.3 Å². The summed E-state index contributed by atoms with van der Waals surface area (Å²) >= 11 is 0. The van der Waals surface area contributed by atoms with Gasteiger partial charge in [-0.05, 0) is 49.6 Å². The Balaban J connectivity index is 2.04. The minimum Gasteiger partial charge on any atom is -0.452 e. The number of ketones is 1. The van der Waals surface area contributed by atoms with E-state index in [9.17, 15) is 14.4 Å². The van der Waals surface area contributed by atoms with E-state index in [1.807, 2.05) is 44.2 Å². The molecule has 0 aromatic heterocycles. The number of amides is 1. The molecular formula is C23H27NO4. The Morgan fingerprint density at radius 1 is 0.964 bits per heavy atom. The highest BCUT2D eigenvalue weighted by Gasteiger charge is 2.30. The molecule has 28 heavy (non-hydrogen) atoms. The van der Waals surface area contributed by atoms with E-state index >= 15 is 0 Å². The average molecular weight is 381 g/mol.